The lowest BCUT2D eigenvalue weighted by atomic mass is 10.0. The second-order valence-electron chi connectivity index (χ2n) is 16.5. The number of rotatable bonds is 14. The molecule has 0 radical (unpaired) electrons. The standard InChI is InChI=1S/C36H60N2O6Si2/c1-13-18-41-34(40)37-30-20-32(44-46(24(2)3,25(4)5)26(6)7)31(43-28-14-15-28)19-29(30)33(39)38-23-36(16-17-36)21-27(38)22-42-45(11,12)35(8,9)10/h13,19-20,24-28H,1,14-18,21-23H2,2-12H3,(H,37,40)/t27-/m0/s1. The van der Waals surface area contributed by atoms with Crippen LogP contribution in [0.1, 0.15) is 105 Å². The molecule has 2 amide bonds. The van der Waals surface area contributed by atoms with Crippen molar-refractivity contribution in [2.45, 2.75) is 141 Å². The van der Waals surface area contributed by atoms with Crippen LogP contribution in [0.2, 0.25) is 34.8 Å². The molecular weight excluding hydrogens is 613 g/mol. The van der Waals surface area contributed by atoms with E-state index >= 15 is 0 Å². The number of hydrogen-bond donors (Lipinski definition) is 1. The third-order valence-corrected chi connectivity index (χ3v) is 21.5. The largest absolute Gasteiger partial charge is 0.540 e. The molecule has 1 aliphatic heterocycles. The Balaban J connectivity index is 1.77. The van der Waals surface area contributed by atoms with E-state index in [9.17, 15) is 9.59 Å². The molecular formula is C36H60N2O6Si2. The fraction of sp³-hybridized carbons (Fsp3) is 0.722. The highest BCUT2D eigenvalue weighted by Gasteiger charge is 2.54. The van der Waals surface area contributed by atoms with E-state index in [0.29, 0.717) is 52.5 Å². The minimum Gasteiger partial charge on any atom is -0.540 e. The van der Waals surface area contributed by atoms with E-state index in [4.69, 9.17) is 18.3 Å². The molecule has 2 saturated carbocycles. The fourth-order valence-corrected chi connectivity index (χ4v) is 13.3. The molecule has 2 aliphatic carbocycles. The Kier molecular flexibility index (Phi) is 10.9. The lowest BCUT2D eigenvalue weighted by molar-refractivity contribution is 0.0680. The average Bonchev–Trinajstić information content (AvgIpc) is 3.87. The van der Waals surface area contributed by atoms with Crippen LogP contribution in [0.5, 0.6) is 11.5 Å². The number of benzene rings is 1. The molecule has 8 nitrogen and oxygen atoms in total. The predicted octanol–water partition coefficient (Wildman–Crippen LogP) is 9.53. The zero-order valence-corrected chi connectivity index (χ0v) is 32.4. The minimum atomic E-state index is -2.40. The summed E-state index contributed by atoms with van der Waals surface area (Å²) >= 11 is 0. The van der Waals surface area contributed by atoms with Gasteiger partial charge in [0.15, 0.2) is 14.1 Å². The lowest BCUT2D eigenvalue weighted by Crippen LogP contribution is -2.50. The van der Waals surface area contributed by atoms with Gasteiger partial charge in [-0.25, -0.2) is 4.79 Å². The summed E-state index contributed by atoms with van der Waals surface area (Å²) in [6, 6.07) is 3.58. The molecule has 3 fully saturated rings. The fourth-order valence-electron chi connectivity index (χ4n) is 6.97. The molecule has 1 spiro atoms. The summed E-state index contributed by atoms with van der Waals surface area (Å²) < 4.78 is 25.6. The molecule has 46 heavy (non-hydrogen) atoms. The summed E-state index contributed by atoms with van der Waals surface area (Å²) in [7, 11) is -4.41. The van der Waals surface area contributed by atoms with Crippen LogP contribution < -0.4 is 14.5 Å². The van der Waals surface area contributed by atoms with E-state index in [0.717, 1.165) is 32.1 Å². The van der Waals surface area contributed by atoms with E-state index < -0.39 is 22.7 Å². The molecule has 1 heterocycles. The highest BCUT2D eigenvalue weighted by molar-refractivity contribution is 6.78. The van der Waals surface area contributed by atoms with Crippen molar-refractivity contribution in [2.75, 3.05) is 25.1 Å². The summed E-state index contributed by atoms with van der Waals surface area (Å²) in [4.78, 5) is 29.6. The van der Waals surface area contributed by atoms with Gasteiger partial charge in [0.1, 0.15) is 12.4 Å². The van der Waals surface area contributed by atoms with Gasteiger partial charge in [-0.3, -0.25) is 10.1 Å². The van der Waals surface area contributed by atoms with E-state index in [-0.39, 0.29) is 35.1 Å². The molecule has 258 valence electrons. The van der Waals surface area contributed by atoms with Crippen molar-refractivity contribution in [2.24, 2.45) is 5.41 Å². The topological polar surface area (TPSA) is 86.3 Å². The van der Waals surface area contributed by atoms with Crippen molar-refractivity contribution in [1.29, 1.82) is 0 Å². The number of hydrogen-bond acceptors (Lipinski definition) is 6. The van der Waals surface area contributed by atoms with Gasteiger partial charge in [-0.2, -0.15) is 0 Å². The Morgan fingerprint density at radius 1 is 1.04 bits per heavy atom. The molecule has 0 unspecified atom stereocenters. The van der Waals surface area contributed by atoms with Crippen molar-refractivity contribution in [1.82, 2.24) is 4.90 Å². The molecule has 4 rings (SSSR count). The van der Waals surface area contributed by atoms with Crippen LogP contribution in [-0.2, 0) is 9.16 Å². The van der Waals surface area contributed by atoms with Gasteiger partial charge in [-0.1, -0.05) is 75.0 Å². The van der Waals surface area contributed by atoms with Crippen LogP contribution in [-0.4, -0.2) is 65.4 Å². The zero-order chi connectivity index (χ0) is 34.2. The summed E-state index contributed by atoms with van der Waals surface area (Å²) in [5.74, 6) is 1.03. The third-order valence-electron chi connectivity index (χ3n) is 11.0. The van der Waals surface area contributed by atoms with Crippen LogP contribution in [0.25, 0.3) is 0 Å². The highest BCUT2D eigenvalue weighted by Crippen LogP contribution is 2.56. The summed E-state index contributed by atoms with van der Waals surface area (Å²) in [5, 5.41) is 2.96. The van der Waals surface area contributed by atoms with Crippen molar-refractivity contribution in [3.05, 3.63) is 30.4 Å². The van der Waals surface area contributed by atoms with Gasteiger partial charge in [0.05, 0.1) is 30.0 Å². The Labute approximate surface area is 280 Å². The van der Waals surface area contributed by atoms with E-state index in [1.807, 2.05) is 11.0 Å². The second-order valence-corrected chi connectivity index (χ2v) is 26.6. The van der Waals surface area contributed by atoms with Crippen LogP contribution in [0.4, 0.5) is 10.5 Å². The summed E-state index contributed by atoms with van der Waals surface area (Å²) in [5.41, 5.74) is 1.92. The first-order valence-electron chi connectivity index (χ1n) is 17.4. The number of anilines is 1. The molecule has 1 aromatic carbocycles. The van der Waals surface area contributed by atoms with Gasteiger partial charge in [-0.15, -0.1) is 0 Å². The average molecular weight is 673 g/mol. The van der Waals surface area contributed by atoms with Gasteiger partial charge in [0.2, 0.25) is 0 Å². The smallest absolute Gasteiger partial charge is 0.411 e. The SMILES string of the molecule is C=CCOC(=O)Nc1cc(O[Si](C(C)C)(C(C)C)C(C)C)c(OC2CC2)cc1C(=O)N1CC2(CC2)C[C@H]1CO[Si](C)(C)C(C)(C)C. The van der Waals surface area contributed by atoms with Crippen LogP contribution >= 0.6 is 0 Å². The second kappa shape index (κ2) is 13.7. The maximum atomic E-state index is 14.7. The van der Waals surface area contributed by atoms with Crippen molar-refractivity contribution < 1.29 is 27.9 Å². The minimum absolute atomic E-state index is 0.0312. The van der Waals surface area contributed by atoms with Crippen molar-refractivity contribution in [3.63, 3.8) is 0 Å². The quantitative estimate of drug-likeness (QED) is 0.157. The first-order chi connectivity index (χ1) is 21.4. The number of likely N-dealkylation sites (tertiary alicyclic amines) is 1. The number of nitrogens with zero attached hydrogens (tertiary/aromatic N) is 1. The first-order valence-corrected chi connectivity index (χ1v) is 22.4. The lowest BCUT2D eigenvalue weighted by Gasteiger charge is -2.42. The number of ether oxygens (including phenoxy) is 2. The summed E-state index contributed by atoms with van der Waals surface area (Å²) in [6.45, 7) is 29.6. The number of nitrogens with one attached hydrogen (secondary N) is 1. The van der Waals surface area contributed by atoms with Gasteiger partial charge >= 0.3 is 6.09 Å². The molecule has 3 aliphatic rings. The van der Waals surface area contributed by atoms with Gasteiger partial charge in [0, 0.05) is 12.6 Å². The van der Waals surface area contributed by atoms with E-state index in [2.05, 4.69) is 87.3 Å². The third kappa shape index (κ3) is 7.87. The Hall–Kier alpha value is -2.31. The van der Waals surface area contributed by atoms with Crippen LogP contribution in [0, 0.1) is 5.41 Å². The van der Waals surface area contributed by atoms with Crippen LogP contribution in [0.15, 0.2) is 24.8 Å². The zero-order valence-electron chi connectivity index (χ0n) is 30.4. The molecule has 0 aromatic heterocycles. The number of carbonyl (C=O) groups excluding carboxylic acids is 2. The van der Waals surface area contributed by atoms with Gasteiger partial charge in [0.25, 0.3) is 14.2 Å². The molecule has 1 aromatic rings. The van der Waals surface area contributed by atoms with Crippen molar-refractivity contribution >= 4 is 34.3 Å². The first kappa shape index (κ1) is 36.5. The molecule has 0 bridgehead atoms. The highest BCUT2D eigenvalue weighted by atomic mass is 28.4. The van der Waals surface area contributed by atoms with E-state index in [1.165, 1.54) is 6.08 Å². The van der Waals surface area contributed by atoms with E-state index in [1.54, 1.807) is 6.07 Å². The predicted molar refractivity (Wildman–Crippen MR) is 191 cm³/mol. The molecule has 10 heteroatoms. The van der Waals surface area contributed by atoms with Gasteiger partial charge < -0.3 is 23.2 Å². The Morgan fingerprint density at radius 2 is 1.65 bits per heavy atom. The molecule has 1 saturated heterocycles. The number of amides is 2. The maximum absolute atomic E-state index is 14.7. The van der Waals surface area contributed by atoms with Crippen LogP contribution in [0.3, 0.4) is 0 Å². The van der Waals surface area contributed by atoms with Crippen molar-refractivity contribution in [3.8, 4) is 11.5 Å². The van der Waals surface area contributed by atoms with Gasteiger partial charge in [-0.05, 0) is 78.3 Å². The molecule has 1 atom stereocenters. The normalized spacial score (nSPS) is 19.6. The molecule has 1 N–H and O–H groups in total. The maximum Gasteiger partial charge on any atom is 0.411 e. The number of carbonyl (C=O) groups is 2. The Bertz CT molecular complexity index is 1260. The monoisotopic (exact) mass is 672 g/mol. The summed E-state index contributed by atoms with van der Waals surface area (Å²) in [6.07, 6.45) is 6.11. The Morgan fingerprint density at radius 3 is 2.15 bits per heavy atom.